The van der Waals surface area contributed by atoms with Crippen LogP contribution in [0.5, 0.6) is 0 Å². The molecule has 0 saturated carbocycles. The minimum atomic E-state index is -4.95. The van der Waals surface area contributed by atoms with Crippen LogP contribution in [0.1, 0.15) is 343 Å². The molecule has 510 valence electrons. The maximum Gasteiger partial charge on any atom is 0.472 e. The fourth-order valence-corrected chi connectivity index (χ4v) is 11.7. The summed E-state index contributed by atoms with van der Waals surface area (Å²) in [5.41, 5.74) is 0. The molecule has 0 aliphatic heterocycles. The van der Waals surface area contributed by atoms with Gasteiger partial charge >= 0.3 is 39.5 Å². The first-order valence-corrected chi connectivity index (χ1v) is 38.1. The van der Waals surface area contributed by atoms with Crippen molar-refractivity contribution in [2.24, 2.45) is 5.92 Å². The van der Waals surface area contributed by atoms with Crippen LogP contribution in [0, 0.1) is 5.92 Å². The minimum Gasteiger partial charge on any atom is -0.462 e. The zero-order valence-corrected chi connectivity index (χ0v) is 57.2. The van der Waals surface area contributed by atoms with E-state index in [1.807, 2.05) is 0 Å². The molecule has 0 radical (unpaired) electrons. The van der Waals surface area contributed by atoms with Gasteiger partial charge in [0.25, 0.3) is 0 Å². The minimum absolute atomic E-state index is 0.106. The van der Waals surface area contributed by atoms with Crippen LogP contribution in [0.2, 0.25) is 0 Å². The average Bonchev–Trinajstić information content (AvgIpc) is 3.68. The highest BCUT2D eigenvalue weighted by Crippen LogP contribution is 2.45. The van der Waals surface area contributed by atoms with Gasteiger partial charge in [0.1, 0.15) is 19.3 Å². The predicted octanol–water partition coefficient (Wildman–Crippen LogP) is 19.0. The summed E-state index contributed by atoms with van der Waals surface area (Å²) in [5, 5.41) is 10.5. The van der Waals surface area contributed by atoms with Gasteiger partial charge in [-0.2, -0.15) is 0 Å². The summed E-state index contributed by atoms with van der Waals surface area (Å²) in [6.45, 7) is 7.14. The number of aliphatic hydroxyl groups excluding tert-OH is 1. The van der Waals surface area contributed by atoms with Crippen LogP contribution in [0.25, 0.3) is 0 Å². The Labute approximate surface area is 524 Å². The molecule has 0 aromatic rings. The summed E-state index contributed by atoms with van der Waals surface area (Å²) in [4.78, 5) is 72.1. The van der Waals surface area contributed by atoms with E-state index in [1.165, 1.54) is 161 Å². The number of ether oxygens (including phenoxy) is 4. The van der Waals surface area contributed by atoms with E-state index in [-0.39, 0.29) is 25.7 Å². The number of hydrogen-bond donors (Lipinski definition) is 3. The van der Waals surface area contributed by atoms with E-state index in [2.05, 4.69) is 34.6 Å². The average molecular weight is 1270 g/mol. The number of aliphatic hydroxyl groups is 1. The van der Waals surface area contributed by atoms with Crippen LogP contribution >= 0.6 is 15.6 Å². The fraction of sp³-hybridized carbons (Fsp3) is 0.940. The number of phosphoric ester groups is 2. The molecule has 0 saturated heterocycles. The third kappa shape index (κ3) is 60.9. The number of hydrogen-bond acceptors (Lipinski definition) is 15. The zero-order valence-electron chi connectivity index (χ0n) is 55.4. The molecule has 0 aliphatic carbocycles. The molecule has 0 aliphatic rings. The van der Waals surface area contributed by atoms with E-state index in [1.54, 1.807) is 0 Å². The van der Waals surface area contributed by atoms with Gasteiger partial charge < -0.3 is 33.8 Å². The molecule has 17 nitrogen and oxygen atoms in total. The van der Waals surface area contributed by atoms with E-state index < -0.39 is 97.5 Å². The molecule has 3 N–H and O–H groups in total. The molecule has 2 unspecified atom stereocenters. The molecule has 0 aromatic carbocycles. The van der Waals surface area contributed by atoms with Crippen LogP contribution in [0.4, 0.5) is 0 Å². The molecule has 0 rings (SSSR count). The van der Waals surface area contributed by atoms with Gasteiger partial charge in [-0.3, -0.25) is 37.3 Å². The van der Waals surface area contributed by atoms with Gasteiger partial charge in [-0.15, -0.1) is 0 Å². The Balaban J connectivity index is 5.16. The SMILES string of the molecule is CCCCCCCCCCCCCCCCCCC(=O)O[C@H](COC(=O)CCCCCCCCCCCCC(C)C)COP(=O)(O)OC[C@@H](O)COP(=O)(O)OC[C@@H](COC(=O)CCCCCCC)OC(=O)CCCCCCCCCCCCCC. The summed E-state index contributed by atoms with van der Waals surface area (Å²) in [5.74, 6) is -1.38. The van der Waals surface area contributed by atoms with Crippen molar-refractivity contribution >= 4 is 39.5 Å². The highest BCUT2D eigenvalue weighted by Gasteiger charge is 2.30. The van der Waals surface area contributed by atoms with Crippen molar-refractivity contribution in [3.05, 3.63) is 0 Å². The summed E-state index contributed by atoms with van der Waals surface area (Å²) < 4.78 is 68.0. The quantitative estimate of drug-likeness (QED) is 0.0222. The number of phosphoric acid groups is 2. The Kier molecular flexibility index (Phi) is 59.2. The number of rotatable bonds is 67. The fourth-order valence-electron chi connectivity index (χ4n) is 10.1. The number of carbonyl (C=O) groups is 4. The van der Waals surface area contributed by atoms with Gasteiger partial charge in [0.2, 0.25) is 0 Å². The van der Waals surface area contributed by atoms with Crippen molar-refractivity contribution in [3.63, 3.8) is 0 Å². The third-order valence-corrected chi connectivity index (χ3v) is 17.4. The first-order chi connectivity index (χ1) is 41.5. The number of carbonyl (C=O) groups excluding carboxylic acids is 4. The largest absolute Gasteiger partial charge is 0.472 e. The van der Waals surface area contributed by atoms with Crippen molar-refractivity contribution in [1.82, 2.24) is 0 Å². The lowest BCUT2D eigenvalue weighted by atomic mass is 10.0. The molecular formula is C67H130O17P2. The standard InChI is InChI=1S/C67H130O17P2/c1-6-9-12-15-17-19-21-23-24-25-26-28-34-38-43-48-53-67(72)84-63(57-78-65(70)51-46-41-36-32-30-29-31-35-40-44-49-60(4)5)59-82-86(75,76)80-55-61(68)54-79-85(73,74)81-58-62(56-77-64(69)50-45-39-14-11-8-3)83-66(71)52-47-42-37-33-27-22-20-18-16-13-10-7-2/h60-63,68H,6-59H2,1-5H3,(H,73,74)(H,75,76)/t61-,62+,63+/m0/s1. The molecule has 0 heterocycles. The molecule has 0 spiro atoms. The highest BCUT2D eigenvalue weighted by molar-refractivity contribution is 7.47. The summed E-state index contributed by atoms with van der Waals surface area (Å²) in [6.07, 6.45) is 46.1. The van der Waals surface area contributed by atoms with Crippen molar-refractivity contribution in [3.8, 4) is 0 Å². The second-order valence-corrected chi connectivity index (χ2v) is 27.6. The zero-order chi connectivity index (χ0) is 63.5. The van der Waals surface area contributed by atoms with Gasteiger partial charge in [0, 0.05) is 25.7 Å². The summed E-state index contributed by atoms with van der Waals surface area (Å²) >= 11 is 0. The van der Waals surface area contributed by atoms with E-state index in [4.69, 9.17) is 37.0 Å². The molecular weight excluding hydrogens is 1140 g/mol. The van der Waals surface area contributed by atoms with Gasteiger partial charge in [0.15, 0.2) is 12.2 Å². The number of unbranched alkanes of at least 4 members (excludes halogenated alkanes) is 39. The normalized spacial score (nSPS) is 14.2. The van der Waals surface area contributed by atoms with Gasteiger partial charge in [-0.25, -0.2) is 9.13 Å². The van der Waals surface area contributed by atoms with Crippen molar-refractivity contribution in [1.29, 1.82) is 0 Å². The Morgan fingerprint density at radius 1 is 0.314 bits per heavy atom. The third-order valence-electron chi connectivity index (χ3n) is 15.5. The van der Waals surface area contributed by atoms with E-state index in [9.17, 15) is 43.2 Å². The second-order valence-electron chi connectivity index (χ2n) is 24.7. The van der Waals surface area contributed by atoms with E-state index >= 15 is 0 Å². The number of esters is 4. The van der Waals surface area contributed by atoms with Gasteiger partial charge in [-0.1, -0.05) is 291 Å². The molecule has 0 fully saturated rings. The van der Waals surface area contributed by atoms with Gasteiger partial charge in [-0.05, 0) is 31.6 Å². The van der Waals surface area contributed by atoms with Crippen LogP contribution < -0.4 is 0 Å². The van der Waals surface area contributed by atoms with Gasteiger partial charge in [0.05, 0.1) is 26.4 Å². The van der Waals surface area contributed by atoms with Crippen LogP contribution in [0.15, 0.2) is 0 Å². The maximum atomic E-state index is 13.0. The lowest BCUT2D eigenvalue weighted by Gasteiger charge is -2.21. The molecule has 0 aromatic heterocycles. The molecule has 0 bridgehead atoms. The summed E-state index contributed by atoms with van der Waals surface area (Å²) in [6, 6.07) is 0. The maximum absolute atomic E-state index is 13.0. The second kappa shape index (κ2) is 60.6. The lowest BCUT2D eigenvalue weighted by Crippen LogP contribution is -2.30. The Bertz CT molecular complexity index is 1670. The van der Waals surface area contributed by atoms with Crippen LogP contribution in [-0.2, 0) is 65.4 Å². The van der Waals surface area contributed by atoms with Crippen molar-refractivity contribution in [2.45, 2.75) is 361 Å². The van der Waals surface area contributed by atoms with Crippen LogP contribution in [-0.4, -0.2) is 96.7 Å². The molecule has 86 heavy (non-hydrogen) atoms. The van der Waals surface area contributed by atoms with Crippen molar-refractivity contribution in [2.75, 3.05) is 39.6 Å². The first-order valence-electron chi connectivity index (χ1n) is 35.1. The Hall–Kier alpha value is -1.94. The highest BCUT2D eigenvalue weighted by atomic mass is 31.2. The monoisotopic (exact) mass is 1270 g/mol. The first kappa shape index (κ1) is 84.1. The molecule has 5 atom stereocenters. The molecule has 0 amide bonds. The smallest absolute Gasteiger partial charge is 0.462 e. The van der Waals surface area contributed by atoms with E-state index in [0.717, 1.165) is 102 Å². The topological polar surface area (TPSA) is 237 Å². The summed E-state index contributed by atoms with van der Waals surface area (Å²) in [7, 11) is -9.88. The predicted molar refractivity (Wildman–Crippen MR) is 345 cm³/mol. The molecule has 19 heteroatoms. The van der Waals surface area contributed by atoms with Crippen LogP contribution in [0.3, 0.4) is 0 Å². The van der Waals surface area contributed by atoms with E-state index in [0.29, 0.717) is 25.7 Å². The Morgan fingerprint density at radius 2 is 0.535 bits per heavy atom. The Morgan fingerprint density at radius 3 is 0.791 bits per heavy atom. The lowest BCUT2D eigenvalue weighted by molar-refractivity contribution is -0.161. The van der Waals surface area contributed by atoms with Crippen molar-refractivity contribution < 1.29 is 80.2 Å².